The normalized spacial score (nSPS) is 56.1. The second-order valence-electron chi connectivity index (χ2n) is 15.0. The minimum atomic E-state index is -1.63. The summed E-state index contributed by atoms with van der Waals surface area (Å²) >= 11 is 0. The Kier molecular flexibility index (Phi) is 6.44. The van der Waals surface area contributed by atoms with Crippen LogP contribution in [0.4, 0.5) is 0 Å². The zero-order valence-electron chi connectivity index (χ0n) is 27.2. The highest BCUT2D eigenvalue weighted by molar-refractivity contribution is 5.88. The first kappa shape index (κ1) is 31.7. The minimum absolute atomic E-state index is 0.128. The minimum Gasteiger partial charge on any atom is -0.469 e. The number of aliphatic hydroxyl groups excluding tert-OH is 2. The van der Waals surface area contributed by atoms with E-state index in [9.17, 15) is 29.7 Å². The fraction of sp³-hybridized carbons (Fsp3) is 0.788. The molecule has 3 N–H and O–H groups in total. The molecule has 7 fully saturated rings. The summed E-state index contributed by atoms with van der Waals surface area (Å²) in [6.45, 7) is 7.74. The molecule has 4 saturated heterocycles. The predicted octanol–water partition coefficient (Wildman–Crippen LogP) is 0.254. The van der Waals surface area contributed by atoms with Crippen LogP contribution < -0.4 is 0 Å². The maximum Gasteiger partial charge on any atom is 0.333 e. The van der Waals surface area contributed by atoms with Gasteiger partial charge in [0.25, 0.3) is 0 Å². The van der Waals surface area contributed by atoms with Gasteiger partial charge in [0.1, 0.15) is 28.8 Å². The van der Waals surface area contributed by atoms with Crippen LogP contribution in [0.25, 0.3) is 0 Å². The predicted molar refractivity (Wildman–Crippen MR) is 153 cm³/mol. The highest BCUT2D eigenvalue weighted by atomic mass is 16.7. The van der Waals surface area contributed by atoms with Crippen molar-refractivity contribution in [3.63, 3.8) is 0 Å². The zero-order chi connectivity index (χ0) is 33.7. The molecule has 8 rings (SSSR count). The Morgan fingerprint density at radius 1 is 1.00 bits per heavy atom. The van der Waals surface area contributed by atoms with Crippen molar-refractivity contribution in [2.75, 3.05) is 20.3 Å². The molecule has 8 aliphatic rings. The van der Waals surface area contributed by atoms with Crippen molar-refractivity contribution in [3.05, 3.63) is 24.0 Å². The quantitative estimate of drug-likeness (QED) is 0.157. The number of esters is 3. The number of hydrogen-bond acceptors (Lipinski definition) is 14. The topological polar surface area (TPSA) is 189 Å². The summed E-state index contributed by atoms with van der Waals surface area (Å²) in [5.41, 5.74) is -7.94. The molecular weight excluding hydrogens is 620 g/mol. The summed E-state index contributed by atoms with van der Waals surface area (Å²) in [6, 6.07) is 0. The van der Waals surface area contributed by atoms with Crippen LogP contribution in [-0.4, -0.2) is 113 Å². The second-order valence-corrected chi connectivity index (χ2v) is 15.0. The number of ether oxygens (including phenoxy) is 8. The van der Waals surface area contributed by atoms with Gasteiger partial charge in [0.15, 0.2) is 11.9 Å². The van der Waals surface area contributed by atoms with Crippen molar-refractivity contribution in [2.45, 2.75) is 107 Å². The molecule has 1 spiro atoms. The van der Waals surface area contributed by atoms with Crippen LogP contribution in [0.5, 0.6) is 0 Å². The van der Waals surface area contributed by atoms with Crippen LogP contribution in [-0.2, 0) is 52.3 Å². The number of epoxide rings is 1. The third-order valence-electron chi connectivity index (χ3n) is 13.6. The number of carbonyl (C=O) groups is 3. The Bertz CT molecular complexity index is 1490. The lowest BCUT2D eigenvalue weighted by atomic mass is 9.38. The van der Waals surface area contributed by atoms with Gasteiger partial charge in [-0.3, -0.25) is 9.59 Å². The van der Waals surface area contributed by atoms with Crippen LogP contribution in [0.2, 0.25) is 0 Å². The molecule has 5 heterocycles. The number of fused-ring (bicyclic) bond motifs is 7. The van der Waals surface area contributed by atoms with E-state index in [4.69, 9.17) is 37.9 Å². The van der Waals surface area contributed by atoms with Crippen LogP contribution in [0, 0.1) is 34.0 Å². The molecule has 0 aromatic carbocycles. The van der Waals surface area contributed by atoms with Crippen molar-refractivity contribution in [2.24, 2.45) is 34.0 Å². The number of aliphatic hydroxyl groups is 3. The first-order valence-corrected chi connectivity index (χ1v) is 16.2. The molecule has 0 radical (unpaired) electrons. The van der Waals surface area contributed by atoms with Gasteiger partial charge in [0.2, 0.25) is 6.29 Å². The van der Waals surface area contributed by atoms with E-state index in [0.29, 0.717) is 12.0 Å². The molecule has 47 heavy (non-hydrogen) atoms. The van der Waals surface area contributed by atoms with E-state index < -0.39 is 112 Å². The van der Waals surface area contributed by atoms with Gasteiger partial charge in [-0.05, 0) is 33.3 Å². The van der Waals surface area contributed by atoms with Gasteiger partial charge in [-0.2, -0.15) is 0 Å². The second kappa shape index (κ2) is 9.55. The number of allylic oxidation sites excluding steroid dienone is 1. The van der Waals surface area contributed by atoms with E-state index >= 15 is 0 Å². The van der Waals surface area contributed by atoms with Gasteiger partial charge in [0.05, 0.1) is 44.9 Å². The average Bonchev–Trinajstić information content (AvgIpc) is 3.43. The van der Waals surface area contributed by atoms with Gasteiger partial charge in [-0.1, -0.05) is 13.0 Å². The highest BCUT2D eigenvalue weighted by Crippen LogP contribution is 2.82. The molecule has 0 unspecified atom stereocenters. The van der Waals surface area contributed by atoms with Crippen LogP contribution >= 0.6 is 0 Å². The molecule has 3 saturated carbocycles. The van der Waals surface area contributed by atoms with Crippen molar-refractivity contribution in [1.82, 2.24) is 0 Å². The molecule has 2 bridgehead atoms. The molecule has 0 aromatic heterocycles. The van der Waals surface area contributed by atoms with Crippen molar-refractivity contribution in [1.29, 1.82) is 0 Å². The highest BCUT2D eigenvalue weighted by Gasteiger charge is 2.95. The largest absolute Gasteiger partial charge is 0.469 e. The third kappa shape index (κ3) is 3.29. The van der Waals surface area contributed by atoms with Crippen LogP contribution in [0.1, 0.15) is 47.5 Å². The fourth-order valence-electron chi connectivity index (χ4n) is 11.7. The van der Waals surface area contributed by atoms with Crippen LogP contribution in [0.15, 0.2) is 24.0 Å². The van der Waals surface area contributed by atoms with Gasteiger partial charge in [0, 0.05) is 47.5 Å². The molecule has 0 aromatic rings. The lowest BCUT2D eigenvalue weighted by molar-refractivity contribution is -0.302. The summed E-state index contributed by atoms with van der Waals surface area (Å²) in [6.07, 6.45) is -3.09. The van der Waals surface area contributed by atoms with E-state index in [1.165, 1.54) is 20.3 Å². The van der Waals surface area contributed by atoms with E-state index in [1.807, 2.05) is 6.92 Å². The monoisotopic (exact) mass is 662 g/mol. The Hall–Kier alpha value is -2.59. The first-order chi connectivity index (χ1) is 22.1. The summed E-state index contributed by atoms with van der Waals surface area (Å²) < 4.78 is 48.7. The van der Waals surface area contributed by atoms with E-state index in [1.54, 1.807) is 32.9 Å². The zero-order valence-corrected chi connectivity index (χ0v) is 27.2. The summed E-state index contributed by atoms with van der Waals surface area (Å²) in [7, 11) is 1.22. The molecule has 14 nitrogen and oxygen atoms in total. The van der Waals surface area contributed by atoms with E-state index in [-0.39, 0.29) is 19.6 Å². The summed E-state index contributed by atoms with van der Waals surface area (Å²) in [5.74, 6) is -4.53. The average molecular weight is 663 g/mol. The molecule has 3 aliphatic carbocycles. The lowest BCUT2D eigenvalue weighted by Crippen LogP contribution is -2.77. The third-order valence-corrected chi connectivity index (χ3v) is 13.6. The number of rotatable bonds is 5. The van der Waals surface area contributed by atoms with E-state index in [2.05, 4.69) is 0 Å². The number of carbonyl (C=O) groups excluding carboxylic acids is 3. The smallest absolute Gasteiger partial charge is 0.333 e. The van der Waals surface area contributed by atoms with Crippen molar-refractivity contribution < 1.29 is 67.6 Å². The standard InChI is InChI=1S/C33H42O14/c1-7-14(2)24(36)45-17-11-18(44-15(3)34)31(26(38)40-6)13-42-20-21(31)30(17)12-43-25(37)22(30)28(4,23(20)35)33-19-10-16(29(33,5)47-33)32(39)8-9-41-27(32)46-19/h7-9,16-23,25,27,35,37,39H,10-13H2,1-6H3/b14-7+/t16-,17+,18-,19+,20-,21-,22+,23-,25+,27+,28+,29+,30+,31+,32-,33+/m1/s1. The molecule has 258 valence electrons. The first-order valence-electron chi connectivity index (χ1n) is 16.2. The maximum absolute atomic E-state index is 14.0. The molecule has 5 aliphatic heterocycles. The van der Waals surface area contributed by atoms with Gasteiger partial charge in [-0.15, -0.1) is 0 Å². The van der Waals surface area contributed by atoms with E-state index in [0.717, 1.165) is 0 Å². The maximum atomic E-state index is 14.0. The Morgan fingerprint density at radius 2 is 1.74 bits per heavy atom. The SMILES string of the molecule is C/C=C(\C)C(=O)O[C@H]1C[C@@H](OC(C)=O)[C@@]2(C(=O)OC)CO[C@H]3[C@@H](O)[C@@](C)([C@]45O[C@@]4(C)[C@H]4C[C@@H]5O[C@@H]5OC=C[C@]54O)[C@@H]4[C@@H](O)OC[C@@]14[C@@H]32. The van der Waals surface area contributed by atoms with Gasteiger partial charge < -0.3 is 53.2 Å². The van der Waals surface area contributed by atoms with Gasteiger partial charge >= 0.3 is 17.9 Å². The Morgan fingerprint density at radius 3 is 2.43 bits per heavy atom. The number of methoxy groups -OCH3 is 1. The number of hydrogen-bond donors (Lipinski definition) is 3. The molecule has 0 amide bonds. The fourth-order valence-corrected chi connectivity index (χ4v) is 11.7. The van der Waals surface area contributed by atoms with Crippen LogP contribution in [0.3, 0.4) is 0 Å². The summed E-state index contributed by atoms with van der Waals surface area (Å²) in [5, 5.41) is 36.4. The molecule has 14 heteroatoms. The lowest BCUT2D eigenvalue weighted by Gasteiger charge is -2.65. The summed E-state index contributed by atoms with van der Waals surface area (Å²) in [4.78, 5) is 40.0. The Balaban J connectivity index is 1.34. The molecule has 16 atom stereocenters. The van der Waals surface area contributed by atoms with Gasteiger partial charge in [-0.25, -0.2) is 4.79 Å². The molecular formula is C33H42O14. The Labute approximate surface area is 271 Å². The van der Waals surface area contributed by atoms with Crippen molar-refractivity contribution in [3.8, 4) is 0 Å². The van der Waals surface area contributed by atoms with Crippen molar-refractivity contribution >= 4 is 17.9 Å².